The summed E-state index contributed by atoms with van der Waals surface area (Å²) in [5.74, 6) is 5.48. The Labute approximate surface area is 366 Å². The number of hydrogen-bond donors (Lipinski definition) is 6. The maximum Gasteiger partial charge on any atom is 0.315 e. The average Bonchev–Trinajstić information content (AvgIpc) is 4.14. The number of carbonyl (C=O) groups is 2. The van der Waals surface area contributed by atoms with Crippen molar-refractivity contribution in [3.63, 3.8) is 0 Å². The van der Waals surface area contributed by atoms with Crippen LogP contribution in [0, 0.1) is 12.3 Å². The number of nitrogens with zero attached hydrogens (tertiary/aromatic N) is 14. The van der Waals surface area contributed by atoms with Crippen LogP contribution in [0.4, 0.5) is 21.2 Å². The molecule has 4 aliphatic heterocycles. The molecule has 328 valence electrons. The fourth-order valence-corrected chi connectivity index (χ4v) is 11.1. The topological polar surface area (TPSA) is 301 Å². The molecule has 4 fully saturated rings. The predicted molar refractivity (Wildman–Crippen MR) is 239 cm³/mol. The molecule has 9 rings (SSSR count). The Hall–Kier alpha value is -6.05. The first-order valence-corrected chi connectivity index (χ1v) is 22.9. The molecule has 5 aromatic rings. The number of azide groups is 1. The molecule has 9 heterocycles. The van der Waals surface area contributed by atoms with Gasteiger partial charge in [0.25, 0.3) is 0 Å². The van der Waals surface area contributed by atoms with Gasteiger partial charge in [-0.05, 0) is 37.6 Å². The van der Waals surface area contributed by atoms with E-state index in [0.29, 0.717) is 89.2 Å². The van der Waals surface area contributed by atoms with Gasteiger partial charge in [-0.15, -0.1) is 17.4 Å². The van der Waals surface area contributed by atoms with Gasteiger partial charge in [-0.3, -0.25) is 0 Å². The normalized spacial score (nSPS) is 21.9. The zero-order chi connectivity index (χ0) is 43.3. The van der Waals surface area contributed by atoms with E-state index >= 15 is 0 Å². The molecule has 0 saturated carbocycles. The van der Waals surface area contributed by atoms with Crippen LogP contribution in [-0.2, 0) is 26.1 Å². The van der Waals surface area contributed by atoms with Crippen LogP contribution in [0.3, 0.4) is 0 Å². The first-order chi connectivity index (χ1) is 30.3. The average molecular weight is 885 g/mol. The predicted octanol–water partition coefficient (Wildman–Crippen LogP) is 3.42. The van der Waals surface area contributed by atoms with Crippen molar-refractivity contribution in [3.05, 3.63) is 47.6 Å². The van der Waals surface area contributed by atoms with E-state index in [2.05, 4.69) is 77.4 Å². The summed E-state index contributed by atoms with van der Waals surface area (Å²) < 4.78 is 5.68. The molecule has 0 aromatic carbocycles. The highest BCUT2D eigenvalue weighted by molar-refractivity contribution is 8.00. The Balaban J connectivity index is 0.000000156. The second-order valence-electron chi connectivity index (χ2n) is 15.3. The van der Waals surface area contributed by atoms with Crippen LogP contribution in [-0.4, -0.2) is 119 Å². The number of amides is 4. The van der Waals surface area contributed by atoms with Gasteiger partial charge in [0.15, 0.2) is 22.9 Å². The summed E-state index contributed by atoms with van der Waals surface area (Å²) >= 11 is 3.96. The lowest BCUT2D eigenvalue weighted by Gasteiger charge is -2.16. The Kier molecular flexibility index (Phi) is 15.4. The number of aryl methyl sites for hydroxylation is 3. The van der Waals surface area contributed by atoms with Crippen LogP contribution < -0.4 is 32.7 Å². The van der Waals surface area contributed by atoms with Crippen LogP contribution in [0.2, 0.25) is 0 Å². The summed E-state index contributed by atoms with van der Waals surface area (Å²) in [6.45, 7) is 2.26. The van der Waals surface area contributed by atoms with E-state index in [4.69, 9.17) is 23.4 Å². The van der Waals surface area contributed by atoms with Gasteiger partial charge < -0.3 is 41.9 Å². The standard InChI is InChI=1S/C19H26N10OS.C12H18N2OS.C7H8N8/c20-17-16-18(22-10-21-17)28(11-23-16)6-7-29-12(8-24-27-29)4-2-1-3-5-14-15-13(9-31-14)25-19(30)26-15;1-2-3-4-5-6-7-10-11-9(8-16-10)13-12(15)14-11;8-6-5-7(11-3-10-6)15(4-12-5)2-1-13-14-9/h8,10-11,13-15H,1-7,9H2,(H2,20,21,22)(H2,25,26,30);1,9-11H,3-8H2,(H2,13,14,15);3-4H,1-2H2,(H2,8,10,11)/t13-,14-,15-;9-,10-,11-;/m00./s1. The number of urea groups is 2. The molecular weight excluding hydrogens is 833 g/mol. The number of carbonyl (C=O) groups excluding carboxylic acids is 2. The van der Waals surface area contributed by atoms with Crippen molar-refractivity contribution >= 4 is 69.5 Å². The van der Waals surface area contributed by atoms with Crippen molar-refractivity contribution in [2.24, 2.45) is 5.11 Å². The van der Waals surface area contributed by atoms with E-state index in [-0.39, 0.29) is 12.1 Å². The van der Waals surface area contributed by atoms with Crippen molar-refractivity contribution in [3.8, 4) is 12.3 Å². The molecule has 22 nitrogen and oxygen atoms in total. The van der Waals surface area contributed by atoms with Gasteiger partial charge in [-0.2, -0.15) is 23.5 Å². The molecule has 0 unspecified atom stereocenters. The van der Waals surface area contributed by atoms with Crippen molar-refractivity contribution < 1.29 is 9.59 Å². The van der Waals surface area contributed by atoms with Crippen LogP contribution >= 0.6 is 23.5 Å². The zero-order valence-electron chi connectivity index (χ0n) is 34.3. The maximum absolute atomic E-state index is 11.5. The SMILES string of the molecule is C#CCCCCC[C@@H]1SC[C@@H]2NC(=O)N[C@@H]21.Nc1ncnc2c1ncn2CCn1nncc1CCCCC[C@@H]1SC[C@@H]2NC(=O)N[C@@H]21.[N-]=[N+]=NCCn1cnc2c(N)ncnc21. The summed E-state index contributed by atoms with van der Waals surface area (Å²) in [4.78, 5) is 49.8. The summed E-state index contributed by atoms with van der Waals surface area (Å²) in [6.07, 6.45) is 24.4. The number of imidazole rings is 2. The van der Waals surface area contributed by atoms with Gasteiger partial charge in [0, 0.05) is 53.0 Å². The van der Waals surface area contributed by atoms with Gasteiger partial charge in [-0.1, -0.05) is 36.0 Å². The Morgan fingerprint density at radius 1 is 0.774 bits per heavy atom. The van der Waals surface area contributed by atoms with Gasteiger partial charge in [-0.25, -0.2) is 44.2 Å². The van der Waals surface area contributed by atoms with E-state index < -0.39 is 0 Å². The second kappa shape index (κ2) is 21.7. The molecular formula is C38H52N20O2S2. The summed E-state index contributed by atoms with van der Waals surface area (Å²) in [5, 5.41) is 24.9. The molecule has 4 amide bonds. The molecule has 4 aliphatic rings. The lowest BCUT2D eigenvalue weighted by atomic mass is 10.0. The van der Waals surface area contributed by atoms with Crippen molar-refractivity contribution in [1.82, 2.24) is 75.3 Å². The molecule has 0 spiro atoms. The van der Waals surface area contributed by atoms with E-state index in [1.165, 1.54) is 38.3 Å². The molecule has 4 saturated heterocycles. The van der Waals surface area contributed by atoms with Crippen molar-refractivity contribution in [2.45, 2.75) is 119 Å². The number of fused-ring (bicyclic) bond motifs is 4. The molecule has 8 N–H and O–H groups in total. The van der Waals surface area contributed by atoms with Crippen molar-refractivity contribution in [1.29, 1.82) is 0 Å². The Morgan fingerprint density at radius 2 is 1.35 bits per heavy atom. The molecule has 24 heteroatoms. The van der Waals surface area contributed by atoms with E-state index in [1.807, 2.05) is 39.0 Å². The monoisotopic (exact) mass is 884 g/mol. The second-order valence-corrected chi connectivity index (χ2v) is 17.8. The molecule has 5 aromatic heterocycles. The minimum atomic E-state index is -0.0133. The Morgan fingerprint density at radius 3 is 1.94 bits per heavy atom. The van der Waals surface area contributed by atoms with E-state index in [9.17, 15) is 9.59 Å². The number of rotatable bonds is 17. The third kappa shape index (κ3) is 11.1. The molecule has 0 aliphatic carbocycles. The largest absolute Gasteiger partial charge is 0.382 e. The number of nitrogens with two attached hydrogens (primary N) is 2. The number of anilines is 2. The fourth-order valence-electron chi connectivity index (χ4n) is 8.05. The first-order valence-electron chi connectivity index (χ1n) is 20.8. The molecule has 0 radical (unpaired) electrons. The number of nitrogens with one attached hydrogen (secondary N) is 4. The summed E-state index contributed by atoms with van der Waals surface area (Å²) in [6, 6.07) is 1.30. The molecule has 0 bridgehead atoms. The zero-order valence-corrected chi connectivity index (χ0v) is 35.9. The van der Waals surface area contributed by atoms with E-state index in [0.717, 1.165) is 61.4 Å². The quantitative estimate of drug-likeness (QED) is 0.0195. The minimum Gasteiger partial charge on any atom is -0.382 e. The van der Waals surface area contributed by atoms with Crippen LogP contribution in [0.5, 0.6) is 0 Å². The van der Waals surface area contributed by atoms with Gasteiger partial charge >= 0.3 is 12.1 Å². The smallest absolute Gasteiger partial charge is 0.315 e. The lowest BCUT2D eigenvalue weighted by molar-refractivity contribution is 0.246. The number of aromatic nitrogens is 11. The molecule has 6 atom stereocenters. The third-order valence-electron chi connectivity index (χ3n) is 11.2. The van der Waals surface area contributed by atoms with Crippen LogP contribution in [0.1, 0.15) is 63.5 Å². The highest BCUT2D eigenvalue weighted by Gasteiger charge is 2.43. The number of unbranched alkanes of at least 4 members (excludes halogenated alkanes) is 5. The highest BCUT2D eigenvalue weighted by atomic mass is 32.2. The lowest BCUT2D eigenvalue weighted by Crippen LogP contribution is -2.36. The third-order valence-corrected chi connectivity index (χ3v) is 14.2. The number of hydrogen-bond acceptors (Lipinski definition) is 15. The number of terminal acetylenes is 1. The Bertz CT molecular complexity index is 2370. The van der Waals surface area contributed by atoms with Gasteiger partial charge in [0.1, 0.15) is 23.7 Å². The van der Waals surface area contributed by atoms with Gasteiger partial charge in [0.05, 0.1) is 55.3 Å². The van der Waals surface area contributed by atoms with E-state index in [1.54, 1.807) is 17.2 Å². The first kappa shape index (κ1) is 44.0. The minimum absolute atomic E-state index is 0.00707. The van der Waals surface area contributed by atoms with Crippen LogP contribution in [0.15, 0.2) is 36.6 Å². The molecule has 62 heavy (non-hydrogen) atoms. The number of nitrogen functional groups attached to an aromatic ring is 2. The number of thioether (sulfide) groups is 2. The van der Waals surface area contributed by atoms with Crippen LogP contribution in [0.25, 0.3) is 32.8 Å². The van der Waals surface area contributed by atoms with Gasteiger partial charge in [0.2, 0.25) is 0 Å². The highest BCUT2D eigenvalue weighted by Crippen LogP contribution is 2.34. The summed E-state index contributed by atoms with van der Waals surface area (Å²) in [7, 11) is 0. The fraction of sp³-hybridized carbons (Fsp3) is 0.579. The summed E-state index contributed by atoms with van der Waals surface area (Å²) in [5.41, 5.74) is 23.3. The maximum atomic E-state index is 11.5. The van der Waals surface area contributed by atoms with Crippen molar-refractivity contribution in [2.75, 3.05) is 29.5 Å².